The van der Waals surface area contributed by atoms with Crippen molar-refractivity contribution in [3.63, 3.8) is 0 Å². The van der Waals surface area contributed by atoms with Crippen LogP contribution in [0.25, 0.3) is 11.3 Å². The van der Waals surface area contributed by atoms with Gasteiger partial charge in [0, 0.05) is 25.1 Å². The maximum absolute atomic E-state index is 12.4. The number of hydrogen-bond donors (Lipinski definition) is 0. The van der Waals surface area contributed by atoms with Gasteiger partial charge in [0.15, 0.2) is 17.8 Å². The molecule has 1 atom stereocenters. The van der Waals surface area contributed by atoms with Crippen LogP contribution in [0.5, 0.6) is 0 Å². The molecule has 6 heteroatoms. The highest BCUT2D eigenvalue weighted by Crippen LogP contribution is 2.21. The first-order valence-electron chi connectivity index (χ1n) is 9.92. The van der Waals surface area contributed by atoms with Gasteiger partial charge in [-0.15, -0.1) is 0 Å². The molecule has 2 aromatic rings. The SMILES string of the molecule is Cc1ccc(-c2cnc(CCC(=O)O[C@H](C)C(=O)N3CCC(C)CC3)o2)cc1. The summed E-state index contributed by atoms with van der Waals surface area (Å²) in [6.45, 7) is 7.33. The Morgan fingerprint density at radius 1 is 1.25 bits per heavy atom. The average molecular weight is 384 g/mol. The van der Waals surface area contributed by atoms with Gasteiger partial charge in [0.1, 0.15) is 0 Å². The van der Waals surface area contributed by atoms with E-state index in [4.69, 9.17) is 9.15 Å². The molecular formula is C22H28N2O4. The molecule has 3 rings (SSSR count). The number of oxazole rings is 1. The summed E-state index contributed by atoms with van der Waals surface area (Å²) in [6, 6.07) is 7.97. The molecule has 1 aliphatic rings. The number of nitrogens with zero attached hydrogens (tertiary/aromatic N) is 2. The number of rotatable bonds is 6. The Hall–Kier alpha value is -2.63. The summed E-state index contributed by atoms with van der Waals surface area (Å²) in [5, 5.41) is 0. The minimum atomic E-state index is -0.756. The van der Waals surface area contributed by atoms with E-state index in [1.165, 1.54) is 5.56 Å². The summed E-state index contributed by atoms with van der Waals surface area (Å²) in [4.78, 5) is 30.6. The van der Waals surface area contributed by atoms with Crippen LogP contribution in [-0.4, -0.2) is 41.0 Å². The maximum atomic E-state index is 12.4. The number of carbonyl (C=O) groups excluding carboxylic acids is 2. The van der Waals surface area contributed by atoms with Crippen LogP contribution in [0.1, 0.15) is 44.6 Å². The van der Waals surface area contributed by atoms with E-state index in [2.05, 4.69) is 11.9 Å². The van der Waals surface area contributed by atoms with Crippen molar-refractivity contribution in [2.45, 2.75) is 52.6 Å². The van der Waals surface area contributed by atoms with E-state index in [9.17, 15) is 9.59 Å². The summed E-state index contributed by atoms with van der Waals surface area (Å²) < 4.78 is 11.0. The number of aromatic nitrogens is 1. The largest absolute Gasteiger partial charge is 0.453 e. The summed E-state index contributed by atoms with van der Waals surface area (Å²) in [5.74, 6) is 1.27. The lowest BCUT2D eigenvalue weighted by atomic mass is 9.99. The number of carbonyl (C=O) groups is 2. The second kappa shape index (κ2) is 9.04. The van der Waals surface area contributed by atoms with E-state index in [1.807, 2.05) is 31.2 Å². The number of aryl methyl sites for hydroxylation is 2. The Bertz CT molecular complexity index is 804. The Balaban J connectivity index is 1.46. The van der Waals surface area contributed by atoms with E-state index in [1.54, 1.807) is 18.0 Å². The molecule has 0 N–H and O–H groups in total. The lowest BCUT2D eigenvalue weighted by Crippen LogP contribution is -2.44. The number of likely N-dealkylation sites (tertiary alicyclic amines) is 1. The molecule has 0 bridgehead atoms. The van der Waals surface area contributed by atoms with Crippen LogP contribution < -0.4 is 0 Å². The molecule has 0 saturated carbocycles. The van der Waals surface area contributed by atoms with Crippen LogP contribution in [0.2, 0.25) is 0 Å². The second-order valence-electron chi connectivity index (χ2n) is 7.62. The molecule has 28 heavy (non-hydrogen) atoms. The van der Waals surface area contributed by atoms with Gasteiger partial charge in [0.05, 0.1) is 12.6 Å². The molecule has 1 aliphatic heterocycles. The topological polar surface area (TPSA) is 72.6 Å². The van der Waals surface area contributed by atoms with Crippen LogP contribution >= 0.6 is 0 Å². The molecule has 1 amide bonds. The summed E-state index contributed by atoms with van der Waals surface area (Å²) in [7, 11) is 0. The molecule has 1 aromatic carbocycles. The minimum Gasteiger partial charge on any atom is -0.453 e. The molecule has 0 aliphatic carbocycles. The third-order valence-corrected chi connectivity index (χ3v) is 5.18. The summed E-state index contributed by atoms with van der Waals surface area (Å²) in [5.41, 5.74) is 2.12. The molecule has 0 unspecified atom stereocenters. The predicted octanol–water partition coefficient (Wildman–Crippen LogP) is 3.77. The van der Waals surface area contributed by atoms with E-state index < -0.39 is 12.1 Å². The predicted molar refractivity (Wildman–Crippen MR) is 106 cm³/mol. The van der Waals surface area contributed by atoms with Crippen LogP contribution in [0.15, 0.2) is 34.9 Å². The number of esters is 1. The molecule has 1 fully saturated rings. The van der Waals surface area contributed by atoms with Gasteiger partial charge in [-0.2, -0.15) is 0 Å². The molecule has 2 heterocycles. The molecule has 0 spiro atoms. The molecule has 1 aromatic heterocycles. The zero-order valence-electron chi connectivity index (χ0n) is 16.8. The molecule has 150 valence electrons. The van der Waals surface area contributed by atoms with Gasteiger partial charge in [-0.1, -0.05) is 36.8 Å². The van der Waals surface area contributed by atoms with Crippen molar-refractivity contribution >= 4 is 11.9 Å². The highest BCUT2D eigenvalue weighted by Gasteiger charge is 2.26. The van der Waals surface area contributed by atoms with Crippen molar-refractivity contribution in [3.8, 4) is 11.3 Å². The monoisotopic (exact) mass is 384 g/mol. The molecule has 1 saturated heterocycles. The van der Waals surface area contributed by atoms with E-state index in [-0.39, 0.29) is 12.3 Å². The zero-order chi connectivity index (χ0) is 20.1. The van der Waals surface area contributed by atoms with Gasteiger partial charge in [-0.05, 0) is 32.6 Å². The number of benzene rings is 1. The van der Waals surface area contributed by atoms with Crippen LogP contribution in [-0.2, 0) is 20.7 Å². The molecule has 6 nitrogen and oxygen atoms in total. The Morgan fingerprint density at radius 3 is 2.61 bits per heavy atom. The molecular weight excluding hydrogens is 356 g/mol. The quantitative estimate of drug-likeness (QED) is 0.709. The third kappa shape index (κ3) is 5.21. The molecule has 0 radical (unpaired) electrons. The van der Waals surface area contributed by atoms with Gasteiger partial charge in [-0.25, -0.2) is 4.98 Å². The minimum absolute atomic E-state index is 0.113. The van der Waals surface area contributed by atoms with Gasteiger partial charge in [0.25, 0.3) is 5.91 Å². The average Bonchev–Trinajstić information content (AvgIpc) is 3.16. The van der Waals surface area contributed by atoms with Crippen molar-refractivity contribution in [1.82, 2.24) is 9.88 Å². The van der Waals surface area contributed by atoms with Crippen molar-refractivity contribution in [1.29, 1.82) is 0 Å². The smallest absolute Gasteiger partial charge is 0.307 e. The first-order chi connectivity index (χ1) is 13.4. The summed E-state index contributed by atoms with van der Waals surface area (Å²) in [6.07, 6.45) is 3.37. The number of ether oxygens (including phenoxy) is 1. The fourth-order valence-electron chi connectivity index (χ4n) is 3.28. The number of piperidine rings is 1. The van der Waals surface area contributed by atoms with Gasteiger partial charge in [-0.3, -0.25) is 9.59 Å². The zero-order valence-corrected chi connectivity index (χ0v) is 16.8. The first-order valence-corrected chi connectivity index (χ1v) is 9.92. The Morgan fingerprint density at radius 2 is 1.93 bits per heavy atom. The number of amides is 1. The van der Waals surface area contributed by atoms with Crippen molar-refractivity contribution in [2.75, 3.05) is 13.1 Å². The van der Waals surface area contributed by atoms with Crippen LogP contribution in [0.4, 0.5) is 0 Å². The van der Waals surface area contributed by atoms with E-state index in [0.717, 1.165) is 31.5 Å². The van der Waals surface area contributed by atoms with Crippen molar-refractivity contribution in [2.24, 2.45) is 5.92 Å². The van der Waals surface area contributed by atoms with Crippen molar-refractivity contribution < 1.29 is 18.7 Å². The van der Waals surface area contributed by atoms with E-state index in [0.29, 0.717) is 24.0 Å². The normalized spacial score (nSPS) is 16.0. The third-order valence-electron chi connectivity index (χ3n) is 5.18. The Kier molecular flexibility index (Phi) is 6.49. The Labute approximate surface area is 165 Å². The highest BCUT2D eigenvalue weighted by molar-refractivity contribution is 5.83. The fraction of sp³-hybridized carbons (Fsp3) is 0.500. The highest BCUT2D eigenvalue weighted by atomic mass is 16.5. The van der Waals surface area contributed by atoms with Gasteiger partial charge in [0.2, 0.25) is 0 Å². The van der Waals surface area contributed by atoms with Gasteiger partial charge >= 0.3 is 5.97 Å². The van der Waals surface area contributed by atoms with Gasteiger partial charge < -0.3 is 14.1 Å². The lowest BCUT2D eigenvalue weighted by Gasteiger charge is -2.31. The van der Waals surface area contributed by atoms with Crippen LogP contribution in [0.3, 0.4) is 0 Å². The second-order valence-corrected chi connectivity index (χ2v) is 7.62. The van der Waals surface area contributed by atoms with Crippen LogP contribution in [0, 0.1) is 12.8 Å². The standard InChI is InChI=1S/C22H28N2O4/c1-15-4-6-18(7-5-15)19-14-23-20(28-19)8-9-21(25)27-17(3)22(26)24-12-10-16(2)11-13-24/h4-7,14,16-17H,8-13H2,1-3H3/t17-/m1/s1. The number of hydrogen-bond acceptors (Lipinski definition) is 5. The maximum Gasteiger partial charge on any atom is 0.307 e. The van der Waals surface area contributed by atoms with Crippen molar-refractivity contribution in [3.05, 3.63) is 41.9 Å². The summed E-state index contributed by atoms with van der Waals surface area (Å²) >= 11 is 0. The lowest BCUT2D eigenvalue weighted by molar-refractivity contribution is -0.159. The first kappa shape index (κ1) is 20.1. The fourth-order valence-corrected chi connectivity index (χ4v) is 3.28. The van der Waals surface area contributed by atoms with E-state index >= 15 is 0 Å².